The minimum atomic E-state index is -0.464. The molecule has 0 saturated carbocycles. The first-order valence-corrected chi connectivity index (χ1v) is 5.69. The summed E-state index contributed by atoms with van der Waals surface area (Å²) in [6, 6.07) is 6.59. The van der Waals surface area contributed by atoms with E-state index >= 15 is 0 Å². The second kappa shape index (κ2) is 5.44. The predicted molar refractivity (Wildman–Crippen MR) is 65.7 cm³/mol. The van der Waals surface area contributed by atoms with E-state index in [0.29, 0.717) is 18.7 Å². The molecule has 1 N–H and O–H groups in total. The number of aryl methyl sites for hydroxylation is 1. The number of halogens is 1. The van der Waals surface area contributed by atoms with E-state index in [2.05, 4.69) is 10.4 Å². The molecule has 0 aliphatic heterocycles. The summed E-state index contributed by atoms with van der Waals surface area (Å²) in [6.45, 7) is 2.61. The van der Waals surface area contributed by atoms with Crippen LogP contribution in [0.25, 0.3) is 0 Å². The lowest BCUT2D eigenvalue weighted by molar-refractivity contribution is 0.0947. The zero-order valence-corrected chi connectivity index (χ0v) is 10.1. The van der Waals surface area contributed by atoms with Crippen molar-refractivity contribution in [2.45, 2.75) is 13.5 Å². The normalized spacial score (nSPS) is 10.3. The Labute approximate surface area is 104 Å². The van der Waals surface area contributed by atoms with E-state index in [0.717, 1.165) is 0 Å². The third kappa shape index (κ3) is 2.74. The minimum Gasteiger partial charge on any atom is -0.350 e. The van der Waals surface area contributed by atoms with Crippen LogP contribution in [0.1, 0.15) is 15.9 Å². The number of carbonyl (C=O) groups is 1. The SMILES string of the molecule is Cc1cccc(C(=O)NCCn2cccn2)c1F. The van der Waals surface area contributed by atoms with Crippen molar-refractivity contribution >= 4 is 5.91 Å². The lowest BCUT2D eigenvalue weighted by Gasteiger charge is -2.07. The fraction of sp³-hybridized carbons (Fsp3) is 0.231. The maximum Gasteiger partial charge on any atom is 0.254 e. The van der Waals surface area contributed by atoms with E-state index in [1.54, 1.807) is 36.1 Å². The van der Waals surface area contributed by atoms with Crippen molar-refractivity contribution in [3.05, 3.63) is 53.6 Å². The second-order valence-electron chi connectivity index (χ2n) is 3.96. The summed E-state index contributed by atoms with van der Waals surface area (Å²) in [5.74, 6) is -0.863. The Bertz CT molecular complexity index is 537. The number of hydrogen-bond donors (Lipinski definition) is 1. The van der Waals surface area contributed by atoms with E-state index in [1.807, 2.05) is 6.07 Å². The van der Waals surface area contributed by atoms with Crippen LogP contribution in [0.2, 0.25) is 0 Å². The standard InChI is InChI=1S/C13H14FN3O/c1-10-4-2-5-11(12(10)14)13(18)15-7-9-17-8-3-6-16-17/h2-6,8H,7,9H2,1H3,(H,15,18). The Morgan fingerprint density at radius 1 is 1.44 bits per heavy atom. The number of benzene rings is 1. The van der Waals surface area contributed by atoms with Crippen LogP contribution >= 0.6 is 0 Å². The summed E-state index contributed by atoms with van der Waals surface area (Å²) in [4.78, 5) is 11.8. The molecule has 0 saturated heterocycles. The first kappa shape index (κ1) is 12.3. The molecule has 94 valence electrons. The largest absolute Gasteiger partial charge is 0.350 e. The fourth-order valence-electron chi connectivity index (χ4n) is 1.63. The van der Waals surface area contributed by atoms with Gasteiger partial charge < -0.3 is 5.32 Å². The van der Waals surface area contributed by atoms with Crippen LogP contribution in [-0.2, 0) is 6.54 Å². The first-order valence-electron chi connectivity index (χ1n) is 5.69. The molecule has 0 radical (unpaired) electrons. The molecule has 0 aliphatic rings. The molecule has 0 fully saturated rings. The molecule has 18 heavy (non-hydrogen) atoms. The van der Waals surface area contributed by atoms with Gasteiger partial charge in [-0.15, -0.1) is 0 Å². The molecule has 2 aromatic rings. The van der Waals surface area contributed by atoms with Crippen LogP contribution in [-0.4, -0.2) is 22.2 Å². The zero-order valence-electron chi connectivity index (χ0n) is 10.1. The van der Waals surface area contributed by atoms with Gasteiger partial charge in [0.15, 0.2) is 0 Å². The topological polar surface area (TPSA) is 46.9 Å². The molecule has 4 nitrogen and oxygen atoms in total. The lowest BCUT2D eigenvalue weighted by Crippen LogP contribution is -2.28. The Morgan fingerprint density at radius 2 is 2.28 bits per heavy atom. The Morgan fingerprint density at radius 3 is 3.00 bits per heavy atom. The summed E-state index contributed by atoms with van der Waals surface area (Å²) in [5.41, 5.74) is 0.546. The Hall–Kier alpha value is -2.17. The predicted octanol–water partition coefficient (Wildman–Crippen LogP) is 1.76. The van der Waals surface area contributed by atoms with E-state index in [9.17, 15) is 9.18 Å². The first-order chi connectivity index (χ1) is 8.68. The van der Waals surface area contributed by atoms with Crippen molar-refractivity contribution in [3.8, 4) is 0 Å². The van der Waals surface area contributed by atoms with Crippen molar-refractivity contribution in [1.29, 1.82) is 0 Å². The van der Waals surface area contributed by atoms with Gasteiger partial charge in [0.1, 0.15) is 5.82 Å². The van der Waals surface area contributed by atoms with Crippen LogP contribution in [0, 0.1) is 12.7 Å². The molecule has 1 heterocycles. The Kier molecular flexibility index (Phi) is 3.72. The van der Waals surface area contributed by atoms with Crippen LogP contribution in [0.4, 0.5) is 4.39 Å². The van der Waals surface area contributed by atoms with Gasteiger partial charge in [0.25, 0.3) is 5.91 Å². The van der Waals surface area contributed by atoms with Crippen molar-refractivity contribution in [3.63, 3.8) is 0 Å². The van der Waals surface area contributed by atoms with Crippen LogP contribution < -0.4 is 5.32 Å². The molecule has 0 spiro atoms. The summed E-state index contributed by atoms with van der Waals surface area (Å²) < 4.78 is 15.4. The van der Waals surface area contributed by atoms with E-state index in [4.69, 9.17) is 0 Å². The van der Waals surface area contributed by atoms with Gasteiger partial charge in [-0.25, -0.2) is 4.39 Å². The number of nitrogens with zero attached hydrogens (tertiary/aromatic N) is 2. The number of hydrogen-bond acceptors (Lipinski definition) is 2. The molecule has 0 unspecified atom stereocenters. The van der Waals surface area contributed by atoms with E-state index in [-0.39, 0.29) is 5.56 Å². The molecule has 0 bridgehead atoms. The van der Waals surface area contributed by atoms with Crippen LogP contribution in [0.3, 0.4) is 0 Å². The summed E-state index contributed by atoms with van der Waals surface area (Å²) >= 11 is 0. The molecule has 0 atom stereocenters. The smallest absolute Gasteiger partial charge is 0.254 e. The van der Waals surface area contributed by atoms with Gasteiger partial charge in [-0.2, -0.15) is 5.10 Å². The minimum absolute atomic E-state index is 0.0791. The average Bonchev–Trinajstić information content (AvgIpc) is 2.85. The third-order valence-corrected chi connectivity index (χ3v) is 2.62. The summed E-state index contributed by atoms with van der Waals surface area (Å²) in [5, 5.41) is 6.67. The summed E-state index contributed by atoms with van der Waals surface area (Å²) in [6.07, 6.45) is 3.47. The highest BCUT2D eigenvalue weighted by atomic mass is 19.1. The van der Waals surface area contributed by atoms with Gasteiger partial charge in [-0.3, -0.25) is 9.48 Å². The molecule has 1 aromatic heterocycles. The highest BCUT2D eigenvalue weighted by Gasteiger charge is 2.12. The average molecular weight is 247 g/mol. The van der Waals surface area contributed by atoms with Gasteiger partial charge in [0.05, 0.1) is 12.1 Å². The highest BCUT2D eigenvalue weighted by molar-refractivity contribution is 5.94. The maximum atomic E-state index is 13.7. The van der Waals surface area contributed by atoms with Crippen LogP contribution in [0.5, 0.6) is 0 Å². The number of carbonyl (C=O) groups excluding carboxylic acids is 1. The monoisotopic (exact) mass is 247 g/mol. The van der Waals surface area contributed by atoms with Crippen molar-refractivity contribution in [2.75, 3.05) is 6.54 Å². The van der Waals surface area contributed by atoms with Gasteiger partial charge >= 0.3 is 0 Å². The van der Waals surface area contributed by atoms with Gasteiger partial charge in [0, 0.05) is 18.9 Å². The van der Waals surface area contributed by atoms with Gasteiger partial charge in [-0.1, -0.05) is 12.1 Å². The van der Waals surface area contributed by atoms with E-state index in [1.165, 1.54) is 6.07 Å². The lowest BCUT2D eigenvalue weighted by atomic mass is 10.1. The molecular formula is C13H14FN3O. The molecular weight excluding hydrogens is 233 g/mol. The molecule has 0 aliphatic carbocycles. The Balaban J connectivity index is 1.93. The van der Waals surface area contributed by atoms with Crippen LogP contribution in [0.15, 0.2) is 36.7 Å². The third-order valence-electron chi connectivity index (χ3n) is 2.62. The number of aromatic nitrogens is 2. The summed E-state index contributed by atoms with van der Waals surface area (Å²) in [7, 11) is 0. The molecule has 1 aromatic carbocycles. The van der Waals surface area contributed by atoms with E-state index < -0.39 is 11.7 Å². The molecule has 5 heteroatoms. The van der Waals surface area contributed by atoms with Gasteiger partial charge in [-0.05, 0) is 24.6 Å². The van der Waals surface area contributed by atoms with Gasteiger partial charge in [0.2, 0.25) is 0 Å². The number of amides is 1. The molecule has 1 amide bonds. The van der Waals surface area contributed by atoms with Crippen molar-refractivity contribution in [2.24, 2.45) is 0 Å². The molecule has 2 rings (SSSR count). The fourth-order valence-corrected chi connectivity index (χ4v) is 1.63. The maximum absolute atomic E-state index is 13.7. The van der Waals surface area contributed by atoms with Crippen molar-refractivity contribution < 1.29 is 9.18 Å². The quantitative estimate of drug-likeness (QED) is 0.894. The van der Waals surface area contributed by atoms with Crippen molar-refractivity contribution in [1.82, 2.24) is 15.1 Å². The highest BCUT2D eigenvalue weighted by Crippen LogP contribution is 2.11. The number of nitrogens with one attached hydrogen (secondary N) is 1. The second-order valence-corrected chi connectivity index (χ2v) is 3.96. The number of rotatable bonds is 4. The zero-order chi connectivity index (χ0) is 13.0.